The summed E-state index contributed by atoms with van der Waals surface area (Å²) in [6, 6.07) is 1.17. The lowest BCUT2D eigenvalue weighted by Gasteiger charge is -2.11. The molecule has 0 aliphatic rings. The Bertz CT molecular complexity index is 465. The Morgan fingerprint density at radius 1 is 1.35 bits per heavy atom. The van der Waals surface area contributed by atoms with Crippen molar-refractivity contribution < 1.29 is 18.0 Å². The standard InChI is InChI=1S/C10H15F3N6O/c1-2-3-15-8(20)5-16-6-4-7(19-14)18-9(17-6)10(11,12)13/h4H,2-3,5,14H2,1H3,(H,15,20)(H2,16,17,18,19). The predicted octanol–water partition coefficient (Wildman–Crippen LogP) is 0.719. The van der Waals surface area contributed by atoms with E-state index in [9.17, 15) is 18.0 Å². The molecule has 1 aromatic rings. The molecular formula is C10H15F3N6O. The molecule has 1 amide bonds. The Balaban J connectivity index is 2.77. The Hall–Kier alpha value is -2.10. The van der Waals surface area contributed by atoms with E-state index in [0.717, 1.165) is 6.42 Å². The lowest BCUT2D eigenvalue weighted by atomic mass is 10.4. The molecule has 0 spiro atoms. The third-order valence-electron chi connectivity index (χ3n) is 2.13. The van der Waals surface area contributed by atoms with Gasteiger partial charge in [-0.05, 0) is 6.42 Å². The van der Waals surface area contributed by atoms with Crippen molar-refractivity contribution >= 4 is 17.5 Å². The van der Waals surface area contributed by atoms with Gasteiger partial charge in [-0.1, -0.05) is 6.92 Å². The van der Waals surface area contributed by atoms with Crippen LogP contribution in [-0.2, 0) is 11.0 Å². The van der Waals surface area contributed by atoms with Gasteiger partial charge >= 0.3 is 6.18 Å². The second kappa shape index (κ2) is 6.89. The van der Waals surface area contributed by atoms with Gasteiger partial charge in [0.25, 0.3) is 0 Å². The summed E-state index contributed by atoms with van der Waals surface area (Å²) in [5.41, 5.74) is 2.01. The third-order valence-corrected chi connectivity index (χ3v) is 2.13. The van der Waals surface area contributed by atoms with Crippen molar-refractivity contribution in [2.75, 3.05) is 23.8 Å². The van der Waals surface area contributed by atoms with Crippen LogP contribution < -0.4 is 21.9 Å². The van der Waals surface area contributed by atoms with Crippen molar-refractivity contribution in [2.24, 2.45) is 5.84 Å². The van der Waals surface area contributed by atoms with Crippen LogP contribution in [0.25, 0.3) is 0 Å². The first kappa shape index (κ1) is 16.0. The first-order valence-corrected chi connectivity index (χ1v) is 5.80. The number of rotatable bonds is 6. The number of hydrogen-bond acceptors (Lipinski definition) is 6. The van der Waals surface area contributed by atoms with Crippen LogP contribution in [0.15, 0.2) is 6.07 Å². The monoisotopic (exact) mass is 292 g/mol. The summed E-state index contributed by atoms with van der Waals surface area (Å²) in [7, 11) is 0. The van der Waals surface area contributed by atoms with Gasteiger partial charge in [-0.25, -0.2) is 15.8 Å². The highest BCUT2D eigenvalue weighted by Crippen LogP contribution is 2.28. The van der Waals surface area contributed by atoms with Gasteiger partial charge in [-0.2, -0.15) is 13.2 Å². The van der Waals surface area contributed by atoms with Gasteiger partial charge in [0.05, 0.1) is 6.54 Å². The number of nitrogens with two attached hydrogens (primary N) is 1. The number of carbonyl (C=O) groups excluding carboxylic acids is 1. The molecule has 1 rings (SSSR count). The Kier molecular flexibility index (Phi) is 5.50. The van der Waals surface area contributed by atoms with Crippen LogP contribution >= 0.6 is 0 Å². The maximum absolute atomic E-state index is 12.5. The minimum absolute atomic E-state index is 0.146. The number of nitrogens with zero attached hydrogens (tertiary/aromatic N) is 2. The molecule has 0 fully saturated rings. The van der Waals surface area contributed by atoms with Crippen LogP contribution in [0.3, 0.4) is 0 Å². The van der Waals surface area contributed by atoms with E-state index in [4.69, 9.17) is 5.84 Å². The van der Waals surface area contributed by atoms with Crippen LogP contribution in [-0.4, -0.2) is 29.0 Å². The van der Waals surface area contributed by atoms with E-state index in [0.29, 0.717) is 6.54 Å². The van der Waals surface area contributed by atoms with Crippen LogP contribution in [0.4, 0.5) is 24.8 Å². The fraction of sp³-hybridized carbons (Fsp3) is 0.500. The number of nitrogens with one attached hydrogen (secondary N) is 3. The first-order valence-electron chi connectivity index (χ1n) is 5.80. The van der Waals surface area contributed by atoms with Gasteiger partial charge in [0, 0.05) is 12.6 Å². The van der Waals surface area contributed by atoms with Gasteiger partial charge in [0.1, 0.15) is 11.6 Å². The molecule has 0 aliphatic heterocycles. The number of carbonyl (C=O) groups is 1. The van der Waals surface area contributed by atoms with E-state index >= 15 is 0 Å². The normalized spacial score (nSPS) is 11.1. The van der Waals surface area contributed by atoms with Crippen molar-refractivity contribution in [2.45, 2.75) is 19.5 Å². The highest BCUT2D eigenvalue weighted by molar-refractivity contribution is 5.80. The summed E-state index contributed by atoms with van der Waals surface area (Å²) < 4.78 is 37.6. The number of hydrogen-bond donors (Lipinski definition) is 4. The number of aromatic nitrogens is 2. The van der Waals surface area contributed by atoms with Gasteiger partial charge in [0.2, 0.25) is 11.7 Å². The molecule has 112 valence electrons. The molecule has 7 nitrogen and oxygen atoms in total. The summed E-state index contributed by atoms with van der Waals surface area (Å²) in [4.78, 5) is 17.8. The van der Waals surface area contributed by atoms with Gasteiger partial charge in [-0.15, -0.1) is 0 Å². The van der Waals surface area contributed by atoms with Crippen LogP contribution in [0.2, 0.25) is 0 Å². The van der Waals surface area contributed by atoms with E-state index in [-0.39, 0.29) is 24.1 Å². The summed E-state index contributed by atoms with van der Waals surface area (Å²) in [6.07, 6.45) is -3.94. The number of halogens is 3. The SMILES string of the molecule is CCCNC(=O)CNc1cc(NN)nc(C(F)(F)F)n1. The minimum atomic E-state index is -4.70. The number of nitrogen functional groups attached to an aromatic ring is 1. The second-order valence-corrected chi connectivity index (χ2v) is 3.81. The lowest BCUT2D eigenvalue weighted by molar-refractivity contribution is -0.144. The lowest BCUT2D eigenvalue weighted by Crippen LogP contribution is -2.30. The average Bonchev–Trinajstić information content (AvgIpc) is 2.41. The molecule has 20 heavy (non-hydrogen) atoms. The predicted molar refractivity (Wildman–Crippen MR) is 66.6 cm³/mol. The number of alkyl halides is 3. The summed E-state index contributed by atoms with van der Waals surface area (Å²) in [6.45, 7) is 2.18. The highest BCUT2D eigenvalue weighted by atomic mass is 19.4. The van der Waals surface area contributed by atoms with Crippen molar-refractivity contribution in [1.82, 2.24) is 15.3 Å². The third kappa shape index (κ3) is 4.88. The Morgan fingerprint density at radius 2 is 2.00 bits per heavy atom. The fourth-order valence-corrected chi connectivity index (χ4v) is 1.24. The molecule has 0 atom stereocenters. The van der Waals surface area contributed by atoms with Crippen molar-refractivity contribution in [3.05, 3.63) is 11.9 Å². The Labute approximate surface area is 113 Å². The smallest absolute Gasteiger partial charge is 0.361 e. The minimum Gasteiger partial charge on any atom is -0.361 e. The van der Waals surface area contributed by atoms with Gasteiger partial charge in [-0.3, -0.25) is 4.79 Å². The van der Waals surface area contributed by atoms with Crippen molar-refractivity contribution in [3.63, 3.8) is 0 Å². The van der Waals surface area contributed by atoms with Gasteiger partial charge in [0.15, 0.2) is 0 Å². The van der Waals surface area contributed by atoms with Crippen LogP contribution in [0.5, 0.6) is 0 Å². The zero-order chi connectivity index (χ0) is 15.2. The Morgan fingerprint density at radius 3 is 2.55 bits per heavy atom. The molecule has 0 bridgehead atoms. The number of amides is 1. The summed E-state index contributed by atoms with van der Waals surface area (Å²) in [5, 5.41) is 5.05. The molecule has 0 radical (unpaired) electrons. The van der Waals surface area contributed by atoms with Gasteiger partial charge < -0.3 is 16.1 Å². The molecule has 5 N–H and O–H groups in total. The van der Waals surface area contributed by atoms with E-state index in [1.807, 2.05) is 12.3 Å². The summed E-state index contributed by atoms with van der Waals surface area (Å²) >= 11 is 0. The maximum Gasteiger partial charge on any atom is 0.451 e. The molecular weight excluding hydrogens is 277 g/mol. The van der Waals surface area contributed by atoms with Crippen molar-refractivity contribution in [1.29, 1.82) is 0 Å². The fourth-order valence-electron chi connectivity index (χ4n) is 1.24. The van der Waals surface area contributed by atoms with E-state index in [1.165, 1.54) is 6.07 Å². The topological polar surface area (TPSA) is 105 Å². The quantitative estimate of drug-likeness (QED) is 0.455. The first-order chi connectivity index (χ1) is 9.36. The van der Waals surface area contributed by atoms with E-state index in [1.54, 1.807) is 0 Å². The molecule has 10 heteroatoms. The van der Waals surface area contributed by atoms with E-state index in [2.05, 4.69) is 20.6 Å². The molecule has 0 saturated carbocycles. The molecule has 0 aliphatic carbocycles. The largest absolute Gasteiger partial charge is 0.451 e. The number of hydrazine groups is 1. The average molecular weight is 292 g/mol. The van der Waals surface area contributed by atoms with Crippen molar-refractivity contribution in [3.8, 4) is 0 Å². The zero-order valence-electron chi connectivity index (χ0n) is 10.7. The summed E-state index contributed by atoms with van der Waals surface area (Å²) in [5.74, 6) is 3.00. The molecule has 1 aromatic heterocycles. The van der Waals surface area contributed by atoms with Crippen LogP contribution in [0.1, 0.15) is 19.2 Å². The molecule has 0 saturated heterocycles. The molecule has 1 heterocycles. The second-order valence-electron chi connectivity index (χ2n) is 3.81. The highest BCUT2D eigenvalue weighted by Gasteiger charge is 2.35. The maximum atomic E-state index is 12.5. The van der Waals surface area contributed by atoms with E-state index < -0.39 is 12.0 Å². The molecule has 0 unspecified atom stereocenters. The van der Waals surface area contributed by atoms with Crippen LogP contribution in [0, 0.1) is 0 Å². The molecule has 0 aromatic carbocycles. The zero-order valence-corrected chi connectivity index (χ0v) is 10.7. The number of anilines is 2.